The molecule has 1 saturated heterocycles. The van der Waals surface area contributed by atoms with Gasteiger partial charge in [-0.25, -0.2) is 18.2 Å². The number of likely N-dealkylation sites (tertiary alicyclic amines) is 1. The molecule has 2 heterocycles. The number of carbonyl (C=O) groups is 1. The monoisotopic (exact) mass is 425 g/mol. The van der Waals surface area contributed by atoms with E-state index in [0.717, 1.165) is 11.8 Å². The Morgan fingerprint density at radius 2 is 1.90 bits per heavy atom. The van der Waals surface area contributed by atoms with Gasteiger partial charge in [0.15, 0.2) is 0 Å². The molecule has 4 nitrogen and oxygen atoms in total. The van der Waals surface area contributed by atoms with Crippen LogP contribution in [0.2, 0.25) is 0 Å². The number of carbonyl (C=O) groups excluding carboxylic acids is 1. The minimum absolute atomic E-state index is 0.225. The van der Waals surface area contributed by atoms with Crippen LogP contribution in [0.15, 0.2) is 54.5 Å². The first-order valence-electron chi connectivity index (χ1n) is 10.1. The average molecular weight is 425 g/mol. The summed E-state index contributed by atoms with van der Waals surface area (Å²) in [7, 11) is 0. The number of benzene rings is 2. The van der Waals surface area contributed by atoms with E-state index in [1.54, 1.807) is 47.1 Å². The second-order valence-corrected chi connectivity index (χ2v) is 7.75. The summed E-state index contributed by atoms with van der Waals surface area (Å²) in [5.74, 6) is -1.98. The van der Waals surface area contributed by atoms with E-state index in [9.17, 15) is 18.0 Å². The van der Waals surface area contributed by atoms with Crippen LogP contribution in [0.4, 0.5) is 13.2 Å². The summed E-state index contributed by atoms with van der Waals surface area (Å²) < 4.78 is 43.7. The van der Waals surface area contributed by atoms with Gasteiger partial charge in [-0.05, 0) is 56.5 Å². The predicted molar refractivity (Wildman–Crippen MR) is 112 cm³/mol. The number of hydrogen-bond donors (Lipinski definition) is 0. The van der Waals surface area contributed by atoms with Crippen LogP contribution < -0.4 is 0 Å². The Balaban J connectivity index is 1.58. The summed E-state index contributed by atoms with van der Waals surface area (Å²) in [6.07, 6.45) is 6.21. The zero-order chi connectivity index (χ0) is 22.1. The lowest BCUT2D eigenvalue weighted by molar-refractivity contribution is -0.130. The Bertz CT molecular complexity index is 1170. The van der Waals surface area contributed by atoms with Crippen LogP contribution in [0.3, 0.4) is 0 Å². The molecule has 0 bridgehead atoms. The van der Waals surface area contributed by atoms with E-state index in [2.05, 4.69) is 4.98 Å². The molecule has 1 atom stereocenters. The number of nitrogens with zero attached hydrogens (tertiary/aromatic N) is 3. The van der Waals surface area contributed by atoms with Crippen molar-refractivity contribution in [3.8, 4) is 5.69 Å². The van der Waals surface area contributed by atoms with Gasteiger partial charge in [0.2, 0.25) is 5.91 Å². The van der Waals surface area contributed by atoms with Crippen LogP contribution >= 0.6 is 0 Å². The second kappa shape index (κ2) is 8.41. The highest BCUT2D eigenvalue weighted by molar-refractivity contribution is 5.98. The molecule has 0 spiro atoms. The maximum atomic E-state index is 14.7. The number of amides is 1. The largest absolute Gasteiger partial charge is 0.332 e. The van der Waals surface area contributed by atoms with Crippen molar-refractivity contribution in [1.82, 2.24) is 14.5 Å². The first-order valence-corrected chi connectivity index (χ1v) is 10.1. The van der Waals surface area contributed by atoms with Gasteiger partial charge in [0.05, 0.1) is 23.8 Å². The predicted octanol–water partition coefficient (Wildman–Crippen LogP) is 5.37. The summed E-state index contributed by atoms with van der Waals surface area (Å²) in [5.41, 5.74) is 2.53. The number of hydrogen-bond acceptors (Lipinski definition) is 2. The van der Waals surface area contributed by atoms with E-state index in [-0.39, 0.29) is 11.5 Å². The summed E-state index contributed by atoms with van der Waals surface area (Å²) in [4.78, 5) is 18.7. The van der Waals surface area contributed by atoms with E-state index in [0.29, 0.717) is 36.2 Å². The summed E-state index contributed by atoms with van der Waals surface area (Å²) in [6, 6.07) is 7.61. The third-order valence-corrected chi connectivity index (χ3v) is 5.56. The van der Waals surface area contributed by atoms with E-state index in [1.807, 2.05) is 6.92 Å². The van der Waals surface area contributed by atoms with Crippen LogP contribution in [0.25, 0.3) is 11.8 Å². The van der Waals surface area contributed by atoms with Gasteiger partial charge in [-0.15, -0.1) is 0 Å². The third kappa shape index (κ3) is 4.26. The highest BCUT2D eigenvalue weighted by Crippen LogP contribution is 2.30. The zero-order valence-corrected chi connectivity index (χ0v) is 17.3. The third-order valence-electron chi connectivity index (χ3n) is 5.56. The fraction of sp³-hybridized carbons (Fsp3) is 0.250. The van der Waals surface area contributed by atoms with Crippen molar-refractivity contribution in [1.29, 1.82) is 0 Å². The molecule has 31 heavy (non-hydrogen) atoms. The zero-order valence-electron chi connectivity index (χ0n) is 17.3. The maximum absolute atomic E-state index is 14.7. The minimum atomic E-state index is -0.677. The molecule has 1 amide bonds. The summed E-state index contributed by atoms with van der Waals surface area (Å²) >= 11 is 0. The van der Waals surface area contributed by atoms with E-state index >= 15 is 0 Å². The van der Waals surface area contributed by atoms with Crippen molar-refractivity contribution < 1.29 is 18.0 Å². The average Bonchev–Trinajstić information content (AvgIpc) is 3.15. The van der Waals surface area contributed by atoms with Gasteiger partial charge in [-0.3, -0.25) is 4.79 Å². The van der Waals surface area contributed by atoms with Crippen molar-refractivity contribution in [3.63, 3.8) is 0 Å². The van der Waals surface area contributed by atoms with Gasteiger partial charge in [-0.1, -0.05) is 12.1 Å². The molecule has 1 aliphatic heterocycles. The Morgan fingerprint density at radius 1 is 1.10 bits per heavy atom. The van der Waals surface area contributed by atoms with E-state index < -0.39 is 23.5 Å². The molecule has 0 N–H and O–H groups in total. The fourth-order valence-electron chi connectivity index (χ4n) is 3.92. The summed E-state index contributed by atoms with van der Waals surface area (Å²) in [5, 5.41) is 0. The van der Waals surface area contributed by atoms with Gasteiger partial charge in [0.1, 0.15) is 17.5 Å². The van der Waals surface area contributed by atoms with Crippen LogP contribution in [0.1, 0.15) is 42.6 Å². The Labute approximate surface area is 178 Å². The molecule has 1 fully saturated rings. The highest BCUT2D eigenvalue weighted by Gasteiger charge is 2.29. The van der Waals surface area contributed by atoms with Crippen molar-refractivity contribution in [3.05, 3.63) is 88.8 Å². The first-order chi connectivity index (χ1) is 14.8. The molecule has 160 valence electrons. The molecule has 0 aliphatic carbocycles. The lowest BCUT2D eigenvalue weighted by Gasteiger charge is -2.34. The van der Waals surface area contributed by atoms with Crippen LogP contribution in [-0.4, -0.2) is 26.9 Å². The van der Waals surface area contributed by atoms with Crippen molar-refractivity contribution in [2.45, 2.75) is 32.7 Å². The smallest absolute Gasteiger partial charge is 0.250 e. The molecular formula is C24H22F3N3O. The molecule has 0 saturated carbocycles. The lowest BCUT2D eigenvalue weighted by Crippen LogP contribution is -2.39. The Morgan fingerprint density at radius 3 is 2.58 bits per heavy atom. The standard InChI is InChI=1S/C24H22F3N3O/c1-15-13-29(14-28-15)23-8-5-17(11-22(23)27)10-18-4-3-9-30(24(18)31)16(2)20-7-6-19(25)12-21(20)26/h5-8,10-14,16H,3-4,9H2,1-2H3. The lowest BCUT2D eigenvalue weighted by atomic mass is 9.97. The summed E-state index contributed by atoms with van der Waals surface area (Å²) in [6.45, 7) is 4.02. The number of rotatable bonds is 4. The van der Waals surface area contributed by atoms with Gasteiger partial charge >= 0.3 is 0 Å². The van der Waals surface area contributed by atoms with Crippen molar-refractivity contribution in [2.75, 3.05) is 6.54 Å². The Kier molecular flexibility index (Phi) is 5.67. The van der Waals surface area contributed by atoms with Crippen LogP contribution in [0.5, 0.6) is 0 Å². The van der Waals surface area contributed by atoms with Gasteiger partial charge in [-0.2, -0.15) is 0 Å². The van der Waals surface area contributed by atoms with Crippen LogP contribution in [0, 0.1) is 24.4 Å². The fourth-order valence-corrected chi connectivity index (χ4v) is 3.92. The molecule has 1 unspecified atom stereocenters. The minimum Gasteiger partial charge on any atom is -0.332 e. The SMILES string of the molecule is Cc1cn(-c2ccc(C=C3CCCN(C(C)c4ccc(F)cc4F)C3=O)cc2F)cn1. The highest BCUT2D eigenvalue weighted by atomic mass is 19.1. The van der Waals surface area contributed by atoms with Gasteiger partial charge in [0.25, 0.3) is 0 Å². The van der Waals surface area contributed by atoms with Gasteiger partial charge in [0, 0.05) is 29.9 Å². The maximum Gasteiger partial charge on any atom is 0.250 e. The second-order valence-electron chi connectivity index (χ2n) is 7.75. The van der Waals surface area contributed by atoms with Gasteiger partial charge < -0.3 is 9.47 Å². The number of halogens is 3. The first kappa shape index (κ1) is 20.9. The molecule has 3 aromatic rings. The molecule has 4 rings (SSSR count). The van der Waals surface area contributed by atoms with E-state index in [4.69, 9.17) is 0 Å². The van der Waals surface area contributed by atoms with E-state index in [1.165, 1.54) is 18.2 Å². The van der Waals surface area contributed by atoms with Crippen LogP contribution in [-0.2, 0) is 4.79 Å². The van der Waals surface area contributed by atoms with Crippen molar-refractivity contribution in [2.24, 2.45) is 0 Å². The normalized spacial score (nSPS) is 16.7. The number of piperidine rings is 1. The molecule has 2 aromatic carbocycles. The molecular weight excluding hydrogens is 403 g/mol. The molecule has 1 aromatic heterocycles. The molecule has 1 aliphatic rings. The quantitative estimate of drug-likeness (QED) is 0.528. The number of imidazole rings is 1. The van der Waals surface area contributed by atoms with Crippen molar-refractivity contribution >= 4 is 12.0 Å². The molecule has 0 radical (unpaired) electrons. The topological polar surface area (TPSA) is 38.1 Å². The Hall–Kier alpha value is -3.35. The number of aromatic nitrogens is 2. The molecule has 7 heteroatoms. The number of aryl methyl sites for hydroxylation is 1.